The second-order valence-electron chi connectivity index (χ2n) is 5.24. The first-order valence-corrected chi connectivity index (χ1v) is 7.07. The molecule has 1 unspecified atom stereocenters. The first kappa shape index (κ1) is 15.8. The van der Waals surface area contributed by atoms with Gasteiger partial charge in [0.25, 0.3) is 0 Å². The molecule has 108 valence electrons. The van der Waals surface area contributed by atoms with E-state index in [1.807, 2.05) is 12.1 Å². The van der Waals surface area contributed by atoms with E-state index in [2.05, 4.69) is 32.2 Å². The lowest BCUT2D eigenvalue weighted by Crippen LogP contribution is -2.24. The average Bonchev–Trinajstić information content (AvgIpc) is 2.42. The Morgan fingerprint density at radius 2 is 1.89 bits per heavy atom. The van der Waals surface area contributed by atoms with Crippen LogP contribution in [0.3, 0.4) is 0 Å². The van der Waals surface area contributed by atoms with Gasteiger partial charge in [0, 0.05) is 11.6 Å². The Balaban J connectivity index is 3.03. The van der Waals surface area contributed by atoms with E-state index in [1.165, 1.54) is 5.56 Å². The third kappa shape index (κ3) is 4.75. The van der Waals surface area contributed by atoms with Crippen molar-refractivity contribution in [2.75, 3.05) is 20.8 Å². The van der Waals surface area contributed by atoms with Crippen LogP contribution in [0.2, 0.25) is 0 Å². The zero-order chi connectivity index (χ0) is 14.3. The van der Waals surface area contributed by atoms with Gasteiger partial charge in [0.05, 0.1) is 14.2 Å². The molecule has 19 heavy (non-hydrogen) atoms. The Morgan fingerprint density at radius 3 is 2.42 bits per heavy atom. The molecule has 0 amide bonds. The number of nitrogens with one attached hydrogen (secondary N) is 1. The molecular formula is C16H27NO2. The number of hydrogen-bond donors (Lipinski definition) is 1. The Hall–Kier alpha value is -1.22. The molecule has 0 spiro atoms. The summed E-state index contributed by atoms with van der Waals surface area (Å²) in [6.07, 6.45) is 2.21. The van der Waals surface area contributed by atoms with Gasteiger partial charge in [-0.25, -0.2) is 0 Å². The largest absolute Gasteiger partial charge is 0.497 e. The number of hydrogen-bond acceptors (Lipinski definition) is 3. The van der Waals surface area contributed by atoms with Crippen LogP contribution in [-0.4, -0.2) is 20.8 Å². The van der Waals surface area contributed by atoms with Crippen LogP contribution in [-0.2, 0) is 0 Å². The van der Waals surface area contributed by atoms with Crippen molar-refractivity contribution >= 4 is 0 Å². The van der Waals surface area contributed by atoms with Crippen LogP contribution in [0.15, 0.2) is 18.2 Å². The molecule has 1 N–H and O–H groups in total. The van der Waals surface area contributed by atoms with E-state index in [0.29, 0.717) is 12.0 Å². The van der Waals surface area contributed by atoms with Crippen molar-refractivity contribution in [1.82, 2.24) is 5.32 Å². The van der Waals surface area contributed by atoms with Gasteiger partial charge < -0.3 is 14.8 Å². The monoisotopic (exact) mass is 265 g/mol. The fraction of sp³-hybridized carbons (Fsp3) is 0.625. The summed E-state index contributed by atoms with van der Waals surface area (Å²) in [7, 11) is 3.42. The topological polar surface area (TPSA) is 30.5 Å². The predicted molar refractivity (Wildman–Crippen MR) is 80.0 cm³/mol. The molecule has 3 heteroatoms. The Labute approximate surface area is 117 Å². The maximum absolute atomic E-state index is 5.49. The smallest absolute Gasteiger partial charge is 0.123 e. The van der Waals surface area contributed by atoms with E-state index >= 15 is 0 Å². The third-order valence-electron chi connectivity index (χ3n) is 3.16. The van der Waals surface area contributed by atoms with Crippen LogP contribution in [0.25, 0.3) is 0 Å². The van der Waals surface area contributed by atoms with Crippen molar-refractivity contribution in [3.05, 3.63) is 23.8 Å². The second-order valence-corrected chi connectivity index (χ2v) is 5.24. The van der Waals surface area contributed by atoms with Gasteiger partial charge >= 0.3 is 0 Å². The minimum absolute atomic E-state index is 0.310. The number of ether oxygens (including phenoxy) is 2. The van der Waals surface area contributed by atoms with Crippen LogP contribution in [0.4, 0.5) is 0 Å². The van der Waals surface area contributed by atoms with E-state index in [1.54, 1.807) is 14.2 Å². The lowest BCUT2D eigenvalue weighted by Gasteiger charge is -2.23. The zero-order valence-electron chi connectivity index (χ0n) is 12.8. The van der Waals surface area contributed by atoms with E-state index in [9.17, 15) is 0 Å². The Kier molecular flexibility index (Phi) is 6.71. The van der Waals surface area contributed by atoms with Gasteiger partial charge in [-0.05, 0) is 43.5 Å². The van der Waals surface area contributed by atoms with Crippen molar-refractivity contribution in [3.8, 4) is 11.5 Å². The molecule has 0 aromatic heterocycles. The fourth-order valence-electron chi connectivity index (χ4n) is 2.22. The lowest BCUT2D eigenvalue weighted by molar-refractivity contribution is 0.374. The molecule has 3 nitrogen and oxygen atoms in total. The molecule has 1 aromatic carbocycles. The fourth-order valence-corrected chi connectivity index (χ4v) is 2.22. The minimum Gasteiger partial charge on any atom is -0.497 e. The molecule has 1 rings (SSSR count). The number of rotatable bonds is 8. The minimum atomic E-state index is 0.310. The van der Waals surface area contributed by atoms with E-state index in [0.717, 1.165) is 30.9 Å². The molecule has 0 aliphatic heterocycles. The van der Waals surface area contributed by atoms with Gasteiger partial charge in [0.15, 0.2) is 0 Å². The van der Waals surface area contributed by atoms with Crippen molar-refractivity contribution < 1.29 is 9.47 Å². The standard InChI is InChI=1S/C16H27NO2/c1-6-9-17-15(10-12(2)3)14-11-13(18-4)7-8-16(14)19-5/h7-8,11-12,15,17H,6,9-10H2,1-5H3. The maximum atomic E-state index is 5.49. The molecule has 0 saturated heterocycles. The summed E-state index contributed by atoms with van der Waals surface area (Å²) < 4.78 is 10.8. The predicted octanol–water partition coefficient (Wildman–Crippen LogP) is 3.79. The molecule has 1 atom stereocenters. The summed E-state index contributed by atoms with van der Waals surface area (Å²) in [6.45, 7) is 7.68. The van der Waals surface area contributed by atoms with Crippen LogP contribution >= 0.6 is 0 Å². The first-order chi connectivity index (χ1) is 9.12. The van der Waals surface area contributed by atoms with Gasteiger partial charge in [0.1, 0.15) is 11.5 Å². The lowest BCUT2D eigenvalue weighted by atomic mass is 9.96. The van der Waals surface area contributed by atoms with E-state index in [-0.39, 0.29) is 0 Å². The summed E-state index contributed by atoms with van der Waals surface area (Å²) in [5.74, 6) is 2.43. The number of methoxy groups -OCH3 is 2. The molecular weight excluding hydrogens is 238 g/mol. The van der Waals surface area contributed by atoms with Gasteiger partial charge in [-0.2, -0.15) is 0 Å². The van der Waals surface area contributed by atoms with Crippen molar-refractivity contribution in [2.45, 2.75) is 39.7 Å². The summed E-state index contributed by atoms with van der Waals surface area (Å²) in [4.78, 5) is 0. The molecule has 0 fully saturated rings. The van der Waals surface area contributed by atoms with E-state index in [4.69, 9.17) is 9.47 Å². The number of benzene rings is 1. The van der Waals surface area contributed by atoms with Crippen molar-refractivity contribution in [2.24, 2.45) is 5.92 Å². The summed E-state index contributed by atoms with van der Waals surface area (Å²) in [5.41, 5.74) is 1.18. The molecule has 1 aromatic rings. The van der Waals surface area contributed by atoms with E-state index < -0.39 is 0 Å². The zero-order valence-corrected chi connectivity index (χ0v) is 12.8. The molecule has 0 heterocycles. The van der Waals surface area contributed by atoms with Crippen LogP contribution < -0.4 is 14.8 Å². The van der Waals surface area contributed by atoms with Crippen LogP contribution in [0.5, 0.6) is 11.5 Å². The molecule has 0 bridgehead atoms. The van der Waals surface area contributed by atoms with Crippen molar-refractivity contribution in [3.63, 3.8) is 0 Å². The van der Waals surface area contributed by atoms with Gasteiger partial charge in [-0.15, -0.1) is 0 Å². The second kappa shape index (κ2) is 8.05. The molecule has 0 saturated carbocycles. The van der Waals surface area contributed by atoms with Gasteiger partial charge in [-0.3, -0.25) is 0 Å². The van der Waals surface area contributed by atoms with Gasteiger partial charge in [0.2, 0.25) is 0 Å². The Bertz CT molecular complexity index is 377. The highest BCUT2D eigenvalue weighted by Crippen LogP contribution is 2.32. The average molecular weight is 265 g/mol. The summed E-state index contributed by atoms with van der Waals surface area (Å²) >= 11 is 0. The SMILES string of the molecule is CCCNC(CC(C)C)c1cc(OC)ccc1OC. The normalized spacial score (nSPS) is 12.5. The first-order valence-electron chi connectivity index (χ1n) is 7.07. The summed E-state index contributed by atoms with van der Waals surface area (Å²) in [6, 6.07) is 6.31. The quantitative estimate of drug-likeness (QED) is 0.775. The summed E-state index contributed by atoms with van der Waals surface area (Å²) in [5, 5.41) is 3.61. The highest BCUT2D eigenvalue weighted by Gasteiger charge is 2.17. The Morgan fingerprint density at radius 1 is 1.16 bits per heavy atom. The van der Waals surface area contributed by atoms with Crippen molar-refractivity contribution in [1.29, 1.82) is 0 Å². The van der Waals surface area contributed by atoms with Crippen LogP contribution in [0.1, 0.15) is 45.2 Å². The van der Waals surface area contributed by atoms with Crippen LogP contribution in [0, 0.1) is 5.92 Å². The highest BCUT2D eigenvalue weighted by molar-refractivity contribution is 5.42. The van der Waals surface area contributed by atoms with Gasteiger partial charge in [-0.1, -0.05) is 20.8 Å². The molecule has 0 radical (unpaired) electrons. The molecule has 0 aliphatic carbocycles. The third-order valence-corrected chi connectivity index (χ3v) is 3.16. The highest BCUT2D eigenvalue weighted by atomic mass is 16.5. The molecule has 0 aliphatic rings. The maximum Gasteiger partial charge on any atom is 0.123 e.